The Balaban J connectivity index is 1.76. The van der Waals surface area contributed by atoms with Gasteiger partial charge in [0, 0.05) is 36.6 Å². The van der Waals surface area contributed by atoms with Crippen molar-refractivity contribution in [2.45, 2.75) is 31.4 Å². The van der Waals surface area contributed by atoms with Crippen LogP contribution in [0.15, 0.2) is 18.3 Å². The standard InChI is InChI=1S/C15H20N2O2S/c16-9-13-7-11(1-4-17-13)14(18)12-2-5-19-15(8-12)3-6-20-10-15/h1,4,7,12H,2-3,5-6,8-10,16H2. The van der Waals surface area contributed by atoms with Crippen molar-refractivity contribution in [1.29, 1.82) is 0 Å². The Morgan fingerprint density at radius 1 is 1.60 bits per heavy atom. The number of hydrogen-bond acceptors (Lipinski definition) is 5. The highest BCUT2D eigenvalue weighted by molar-refractivity contribution is 7.99. The topological polar surface area (TPSA) is 65.2 Å². The van der Waals surface area contributed by atoms with Crippen LogP contribution in [-0.4, -0.2) is 34.5 Å². The number of thioether (sulfide) groups is 1. The van der Waals surface area contributed by atoms with E-state index in [1.165, 1.54) is 0 Å². The Morgan fingerprint density at radius 2 is 2.50 bits per heavy atom. The first kappa shape index (κ1) is 14.0. The van der Waals surface area contributed by atoms with Gasteiger partial charge in [-0.2, -0.15) is 11.8 Å². The molecule has 2 unspecified atom stereocenters. The molecule has 0 amide bonds. The van der Waals surface area contributed by atoms with Gasteiger partial charge in [0.05, 0.1) is 11.3 Å². The van der Waals surface area contributed by atoms with Gasteiger partial charge in [-0.1, -0.05) is 0 Å². The van der Waals surface area contributed by atoms with Crippen molar-refractivity contribution in [2.75, 3.05) is 18.1 Å². The van der Waals surface area contributed by atoms with Crippen LogP contribution in [0, 0.1) is 5.92 Å². The maximum atomic E-state index is 12.7. The second-order valence-electron chi connectivity index (χ2n) is 5.63. The fourth-order valence-electron chi connectivity index (χ4n) is 3.09. The summed E-state index contributed by atoms with van der Waals surface area (Å²) in [5, 5.41) is 0. The van der Waals surface area contributed by atoms with Crippen LogP contribution in [0.2, 0.25) is 0 Å². The zero-order chi connectivity index (χ0) is 14.0. The van der Waals surface area contributed by atoms with Gasteiger partial charge in [0.15, 0.2) is 5.78 Å². The molecule has 1 spiro atoms. The van der Waals surface area contributed by atoms with Gasteiger partial charge in [-0.3, -0.25) is 9.78 Å². The summed E-state index contributed by atoms with van der Waals surface area (Å²) in [6.45, 7) is 1.07. The van der Waals surface area contributed by atoms with Gasteiger partial charge in [0.25, 0.3) is 0 Å². The third-order valence-electron chi connectivity index (χ3n) is 4.24. The zero-order valence-corrected chi connectivity index (χ0v) is 12.3. The molecule has 0 radical (unpaired) electrons. The summed E-state index contributed by atoms with van der Waals surface area (Å²) in [7, 11) is 0. The molecular formula is C15H20N2O2S. The average molecular weight is 292 g/mol. The molecule has 1 aromatic heterocycles. The molecular weight excluding hydrogens is 272 g/mol. The van der Waals surface area contributed by atoms with Gasteiger partial charge in [-0.05, 0) is 37.1 Å². The van der Waals surface area contributed by atoms with E-state index in [-0.39, 0.29) is 17.3 Å². The number of aromatic nitrogens is 1. The number of carbonyl (C=O) groups is 1. The molecule has 2 fully saturated rings. The molecule has 4 nitrogen and oxygen atoms in total. The summed E-state index contributed by atoms with van der Waals surface area (Å²) in [5.41, 5.74) is 7.06. The van der Waals surface area contributed by atoms with Crippen LogP contribution in [-0.2, 0) is 11.3 Å². The van der Waals surface area contributed by atoms with Gasteiger partial charge in [0.1, 0.15) is 0 Å². The monoisotopic (exact) mass is 292 g/mol. The largest absolute Gasteiger partial charge is 0.374 e. The van der Waals surface area contributed by atoms with Crippen molar-refractivity contribution in [2.24, 2.45) is 11.7 Å². The molecule has 2 N–H and O–H groups in total. The van der Waals surface area contributed by atoms with Crippen molar-refractivity contribution in [3.8, 4) is 0 Å². The SMILES string of the molecule is NCc1cc(C(=O)C2CCOC3(CCSC3)C2)ccn1. The number of Topliss-reactive ketones (excluding diaryl/α,β-unsaturated/α-hetero) is 1. The fourth-order valence-corrected chi connectivity index (χ4v) is 4.47. The number of nitrogens with zero attached hydrogens (tertiary/aromatic N) is 1. The van der Waals surface area contributed by atoms with E-state index in [4.69, 9.17) is 10.5 Å². The highest BCUT2D eigenvalue weighted by Crippen LogP contribution is 2.41. The molecule has 2 atom stereocenters. The number of rotatable bonds is 3. The van der Waals surface area contributed by atoms with Crippen LogP contribution in [0.25, 0.3) is 0 Å². The Kier molecular flexibility index (Phi) is 4.10. The van der Waals surface area contributed by atoms with Crippen LogP contribution < -0.4 is 5.73 Å². The van der Waals surface area contributed by atoms with Crippen LogP contribution in [0.1, 0.15) is 35.3 Å². The van der Waals surface area contributed by atoms with E-state index in [1.54, 1.807) is 12.3 Å². The maximum absolute atomic E-state index is 12.7. The number of hydrogen-bond donors (Lipinski definition) is 1. The molecule has 2 aliphatic rings. The van der Waals surface area contributed by atoms with E-state index in [1.807, 2.05) is 17.8 Å². The van der Waals surface area contributed by atoms with E-state index in [2.05, 4.69) is 4.98 Å². The molecule has 20 heavy (non-hydrogen) atoms. The first-order valence-corrected chi connectivity index (χ1v) is 8.29. The number of ketones is 1. The first-order chi connectivity index (χ1) is 9.72. The van der Waals surface area contributed by atoms with Crippen molar-refractivity contribution >= 4 is 17.5 Å². The molecule has 3 heterocycles. The lowest BCUT2D eigenvalue weighted by atomic mass is 9.81. The third kappa shape index (κ3) is 2.75. The van der Waals surface area contributed by atoms with E-state index < -0.39 is 0 Å². The smallest absolute Gasteiger partial charge is 0.166 e. The lowest BCUT2D eigenvalue weighted by Crippen LogP contribution is -2.42. The lowest BCUT2D eigenvalue weighted by molar-refractivity contribution is -0.0734. The van der Waals surface area contributed by atoms with Gasteiger partial charge in [-0.15, -0.1) is 0 Å². The van der Waals surface area contributed by atoms with E-state index in [0.717, 1.165) is 42.0 Å². The molecule has 2 aliphatic heterocycles. The van der Waals surface area contributed by atoms with E-state index in [9.17, 15) is 4.79 Å². The minimum Gasteiger partial charge on any atom is -0.374 e. The predicted molar refractivity (Wildman–Crippen MR) is 79.8 cm³/mol. The van der Waals surface area contributed by atoms with Crippen LogP contribution in [0.5, 0.6) is 0 Å². The quantitative estimate of drug-likeness (QED) is 0.864. The van der Waals surface area contributed by atoms with E-state index in [0.29, 0.717) is 13.2 Å². The van der Waals surface area contributed by atoms with Crippen LogP contribution >= 0.6 is 11.8 Å². The highest BCUT2D eigenvalue weighted by atomic mass is 32.2. The van der Waals surface area contributed by atoms with Gasteiger partial charge < -0.3 is 10.5 Å². The molecule has 0 aliphatic carbocycles. The second-order valence-corrected chi connectivity index (χ2v) is 6.73. The number of carbonyl (C=O) groups excluding carboxylic acids is 1. The molecule has 0 aromatic carbocycles. The Hall–Kier alpha value is -0.910. The molecule has 1 aromatic rings. The molecule has 0 bridgehead atoms. The maximum Gasteiger partial charge on any atom is 0.166 e. The fraction of sp³-hybridized carbons (Fsp3) is 0.600. The molecule has 2 saturated heterocycles. The summed E-state index contributed by atoms with van der Waals surface area (Å²) in [5.74, 6) is 2.48. The third-order valence-corrected chi connectivity index (χ3v) is 5.46. The average Bonchev–Trinajstić information content (AvgIpc) is 2.94. The van der Waals surface area contributed by atoms with Crippen molar-refractivity contribution in [1.82, 2.24) is 4.98 Å². The minimum absolute atomic E-state index is 0.0486. The van der Waals surface area contributed by atoms with Gasteiger partial charge in [-0.25, -0.2) is 0 Å². The predicted octanol–water partition coefficient (Wildman–Crippen LogP) is 2.03. The minimum atomic E-state index is -0.0486. The number of ether oxygens (including phenoxy) is 1. The Labute approximate surface area is 123 Å². The van der Waals surface area contributed by atoms with Crippen LogP contribution in [0.3, 0.4) is 0 Å². The summed E-state index contributed by atoms with van der Waals surface area (Å²) >= 11 is 1.93. The van der Waals surface area contributed by atoms with E-state index >= 15 is 0 Å². The Morgan fingerprint density at radius 3 is 3.25 bits per heavy atom. The van der Waals surface area contributed by atoms with Crippen molar-refractivity contribution in [3.63, 3.8) is 0 Å². The highest BCUT2D eigenvalue weighted by Gasteiger charge is 2.42. The molecule has 5 heteroatoms. The molecule has 0 saturated carbocycles. The summed E-state index contributed by atoms with van der Waals surface area (Å²) in [6, 6.07) is 3.63. The second kappa shape index (κ2) is 5.84. The summed E-state index contributed by atoms with van der Waals surface area (Å²) in [4.78, 5) is 16.8. The molecule has 108 valence electrons. The van der Waals surface area contributed by atoms with Crippen molar-refractivity contribution in [3.05, 3.63) is 29.6 Å². The number of nitrogens with two attached hydrogens (primary N) is 1. The zero-order valence-electron chi connectivity index (χ0n) is 11.5. The summed E-state index contributed by atoms with van der Waals surface area (Å²) in [6.07, 6.45) is 4.44. The first-order valence-electron chi connectivity index (χ1n) is 7.13. The van der Waals surface area contributed by atoms with Crippen LogP contribution in [0.4, 0.5) is 0 Å². The van der Waals surface area contributed by atoms with Crippen molar-refractivity contribution < 1.29 is 9.53 Å². The molecule has 3 rings (SSSR count). The summed E-state index contributed by atoms with van der Waals surface area (Å²) < 4.78 is 5.98. The Bertz CT molecular complexity index is 500. The van der Waals surface area contributed by atoms with Gasteiger partial charge in [0.2, 0.25) is 0 Å². The normalized spacial score (nSPS) is 29.8. The lowest BCUT2D eigenvalue weighted by Gasteiger charge is -2.37. The number of pyridine rings is 1. The van der Waals surface area contributed by atoms with Gasteiger partial charge >= 0.3 is 0 Å².